The maximum atomic E-state index is 12.7. The number of hydrogen-bond acceptors (Lipinski definition) is 7. The van der Waals surface area contributed by atoms with Crippen molar-refractivity contribution < 1.29 is 28.6 Å². The lowest BCUT2D eigenvalue weighted by Crippen LogP contribution is -2.78. The second-order valence-corrected chi connectivity index (χ2v) is 8.58. The van der Waals surface area contributed by atoms with Gasteiger partial charge in [0.25, 0.3) is 11.6 Å². The van der Waals surface area contributed by atoms with Gasteiger partial charge in [0.05, 0.1) is 4.92 Å². The summed E-state index contributed by atoms with van der Waals surface area (Å²) in [5.41, 5.74) is 0.749. The molecular formula is C19H21N3O7S. The Kier molecular flexibility index (Phi) is 6.42. The molecule has 1 aromatic rings. The van der Waals surface area contributed by atoms with Crippen molar-refractivity contribution in [3.8, 4) is 0 Å². The molecule has 2 aliphatic heterocycles. The van der Waals surface area contributed by atoms with Crippen molar-refractivity contribution in [3.05, 3.63) is 52.1 Å². The molecular weight excluding hydrogens is 414 g/mol. The Morgan fingerprint density at radius 1 is 1.37 bits per heavy atom. The molecule has 3 unspecified atom stereocenters. The van der Waals surface area contributed by atoms with Gasteiger partial charge in [-0.25, -0.2) is 4.79 Å². The number of carbonyl (C=O) groups is 3. The van der Waals surface area contributed by atoms with Crippen molar-refractivity contribution in [2.75, 3.05) is 5.75 Å². The smallest absolute Gasteiger partial charge is 0.333 e. The predicted molar refractivity (Wildman–Crippen MR) is 106 cm³/mol. The van der Waals surface area contributed by atoms with E-state index in [1.165, 1.54) is 24.3 Å². The molecule has 1 aromatic carbocycles. The van der Waals surface area contributed by atoms with E-state index in [4.69, 9.17) is 4.74 Å². The summed E-state index contributed by atoms with van der Waals surface area (Å²) in [6.45, 7) is 5.45. The fourth-order valence-corrected chi connectivity index (χ4v) is 5.08. The second kappa shape index (κ2) is 8.84. The molecule has 1 N–H and O–H groups in total. The van der Waals surface area contributed by atoms with E-state index in [0.29, 0.717) is 17.6 Å². The van der Waals surface area contributed by atoms with Crippen molar-refractivity contribution in [3.63, 3.8) is 0 Å². The number of nitro benzene ring substituents is 1. The highest BCUT2D eigenvalue weighted by Gasteiger charge is 2.62. The van der Waals surface area contributed by atoms with Crippen LogP contribution in [0.3, 0.4) is 0 Å². The average molecular weight is 435 g/mol. The van der Waals surface area contributed by atoms with E-state index in [1.54, 1.807) is 0 Å². The van der Waals surface area contributed by atoms with Gasteiger partial charge in [-0.05, 0) is 35.3 Å². The van der Waals surface area contributed by atoms with Gasteiger partial charge in [-0.15, -0.1) is 0 Å². The Morgan fingerprint density at radius 3 is 2.63 bits per heavy atom. The lowest BCUT2D eigenvalue weighted by molar-refractivity contribution is -0.384. The van der Waals surface area contributed by atoms with Gasteiger partial charge in [0.1, 0.15) is 12.4 Å². The van der Waals surface area contributed by atoms with Crippen molar-refractivity contribution >= 4 is 34.6 Å². The van der Waals surface area contributed by atoms with Gasteiger partial charge in [-0.2, -0.15) is 0 Å². The average Bonchev–Trinajstić information content (AvgIpc) is 2.70. The summed E-state index contributed by atoms with van der Waals surface area (Å²) >= 11 is -1.49. The van der Waals surface area contributed by atoms with Crippen LogP contribution in [0.4, 0.5) is 5.69 Å². The zero-order valence-electron chi connectivity index (χ0n) is 16.2. The summed E-state index contributed by atoms with van der Waals surface area (Å²) in [7, 11) is 0. The Labute approximate surface area is 175 Å². The number of amides is 2. The van der Waals surface area contributed by atoms with E-state index in [-0.39, 0.29) is 30.4 Å². The number of fused-ring (bicyclic) bond motifs is 1. The molecule has 0 aliphatic carbocycles. The van der Waals surface area contributed by atoms with E-state index in [1.807, 2.05) is 6.92 Å². The molecule has 0 bridgehead atoms. The third kappa shape index (κ3) is 4.17. The molecule has 0 saturated carbocycles. The van der Waals surface area contributed by atoms with Crippen LogP contribution < -0.4 is 5.32 Å². The quantitative estimate of drug-likeness (QED) is 0.166. The summed E-state index contributed by atoms with van der Waals surface area (Å²) in [6.07, 6.45) is 0.856. The van der Waals surface area contributed by atoms with Crippen LogP contribution in [-0.2, 0) is 36.9 Å². The number of nitro groups is 1. The van der Waals surface area contributed by atoms with Crippen molar-refractivity contribution in [1.29, 1.82) is 0 Å². The molecule has 0 radical (unpaired) electrons. The molecule has 0 spiro atoms. The molecule has 2 heterocycles. The first-order valence-electron chi connectivity index (χ1n) is 9.31. The van der Waals surface area contributed by atoms with Gasteiger partial charge in [0.2, 0.25) is 11.3 Å². The zero-order valence-corrected chi connectivity index (χ0v) is 17.1. The number of esters is 1. The molecule has 10 nitrogen and oxygen atoms in total. The fourth-order valence-electron chi connectivity index (χ4n) is 3.42. The van der Waals surface area contributed by atoms with Crippen LogP contribution in [0.15, 0.2) is 36.4 Å². The maximum Gasteiger partial charge on any atom is 0.333 e. The number of nitrogens with zero attached hydrogens (tertiary/aromatic N) is 2. The summed E-state index contributed by atoms with van der Waals surface area (Å²) in [5, 5.41) is 12.5. The number of rotatable bonds is 7. The van der Waals surface area contributed by atoms with Crippen LogP contribution in [0.25, 0.3) is 0 Å². The number of β-lactam (4-membered cyclic amide) rings is 1. The first kappa shape index (κ1) is 21.8. The Balaban J connectivity index is 1.66. The first-order valence-corrected chi connectivity index (χ1v) is 10.7. The van der Waals surface area contributed by atoms with E-state index >= 15 is 0 Å². The van der Waals surface area contributed by atoms with Gasteiger partial charge >= 0.3 is 5.97 Å². The largest absolute Gasteiger partial charge is 0.614 e. The molecule has 2 fully saturated rings. The van der Waals surface area contributed by atoms with Gasteiger partial charge in [-0.1, -0.05) is 13.5 Å². The monoisotopic (exact) mass is 435 g/mol. The Bertz CT molecular complexity index is 889. The van der Waals surface area contributed by atoms with Crippen LogP contribution in [0.1, 0.15) is 25.3 Å². The molecule has 2 aliphatic rings. The minimum Gasteiger partial charge on any atom is -0.614 e. The van der Waals surface area contributed by atoms with E-state index in [2.05, 4.69) is 11.9 Å². The summed E-state index contributed by atoms with van der Waals surface area (Å²) in [4.78, 5) is 48.4. The molecule has 160 valence electrons. The number of non-ortho nitro benzene ring substituents is 1. The molecule has 0 aromatic heterocycles. The highest BCUT2D eigenvalue weighted by Crippen LogP contribution is 2.36. The van der Waals surface area contributed by atoms with E-state index < -0.39 is 45.4 Å². The second-order valence-electron chi connectivity index (χ2n) is 7.05. The van der Waals surface area contributed by atoms with Gasteiger partial charge in [0, 0.05) is 24.1 Å². The number of nitrogens with one attached hydrogen (secondary N) is 1. The number of benzene rings is 1. The van der Waals surface area contributed by atoms with Crippen molar-refractivity contribution in [2.45, 2.75) is 43.8 Å². The van der Waals surface area contributed by atoms with Crippen LogP contribution in [0, 0.1) is 10.1 Å². The normalized spacial score (nSPS) is 25.2. The number of carbonyl (C=O) groups excluding carboxylic acids is 3. The minimum atomic E-state index is -1.49. The third-order valence-electron chi connectivity index (χ3n) is 4.89. The van der Waals surface area contributed by atoms with Gasteiger partial charge in [-0.3, -0.25) is 24.6 Å². The number of ether oxygens (including phenoxy) is 1. The van der Waals surface area contributed by atoms with Gasteiger partial charge < -0.3 is 14.6 Å². The van der Waals surface area contributed by atoms with E-state index in [0.717, 1.165) is 4.90 Å². The highest BCUT2D eigenvalue weighted by atomic mass is 32.2. The summed E-state index contributed by atoms with van der Waals surface area (Å²) in [5.74, 6) is -1.52. The van der Waals surface area contributed by atoms with Gasteiger partial charge in [0.15, 0.2) is 12.1 Å². The highest BCUT2D eigenvalue weighted by molar-refractivity contribution is 7.92. The van der Waals surface area contributed by atoms with Crippen LogP contribution in [-0.4, -0.2) is 55.4 Å². The standard InChI is InChI=1S/C19H21N3O7S/c1-3-4-14(23)20-15-17(24)21-16(11(2)10-30(28)18(15)21)19(25)29-9-12-5-7-13(8-6-12)22(26)27/h5-8,15-16,18H,2-4,9-10H2,1H3,(H,20,23)/t15?,16?,18-,30?/m0/s1. The lowest BCUT2D eigenvalue weighted by atomic mass is 9.98. The Morgan fingerprint density at radius 2 is 2.03 bits per heavy atom. The predicted octanol–water partition coefficient (Wildman–Crippen LogP) is 0.778. The topological polar surface area (TPSA) is 142 Å². The third-order valence-corrected chi connectivity index (χ3v) is 6.58. The molecule has 3 rings (SSSR count). The Hall–Kier alpha value is -2.92. The lowest BCUT2D eigenvalue weighted by Gasteiger charge is -2.52. The molecule has 4 atom stereocenters. The first-order chi connectivity index (χ1) is 14.2. The fraction of sp³-hybridized carbons (Fsp3) is 0.421. The van der Waals surface area contributed by atoms with Crippen LogP contribution >= 0.6 is 0 Å². The van der Waals surface area contributed by atoms with Crippen molar-refractivity contribution in [2.24, 2.45) is 0 Å². The van der Waals surface area contributed by atoms with E-state index in [9.17, 15) is 29.1 Å². The zero-order chi connectivity index (χ0) is 22.0. The molecule has 2 saturated heterocycles. The summed E-state index contributed by atoms with van der Waals surface area (Å²) < 4.78 is 17.8. The molecule has 2 amide bonds. The molecule has 11 heteroatoms. The SMILES string of the molecule is C=C1C[S+]([O-])[C@H]2C(NC(=O)CCC)C(=O)N2C1C(=O)OCc1ccc([N+](=O)[O-])cc1. The summed E-state index contributed by atoms with van der Waals surface area (Å²) in [6, 6.07) is 3.51. The van der Waals surface area contributed by atoms with Crippen molar-refractivity contribution in [1.82, 2.24) is 10.2 Å². The maximum absolute atomic E-state index is 12.7. The van der Waals surface area contributed by atoms with Crippen LogP contribution in [0.5, 0.6) is 0 Å². The minimum absolute atomic E-state index is 0.0197. The van der Waals surface area contributed by atoms with Crippen LogP contribution in [0.2, 0.25) is 0 Å². The number of hydrogen-bond donors (Lipinski definition) is 1. The molecule has 30 heavy (non-hydrogen) atoms.